The normalized spacial score (nSPS) is 11.1. The van der Waals surface area contributed by atoms with E-state index >= 15 is 0 Å². The van der Waals surface area contributed by atoms with Crippen molar-refractivity contribution in [2.45, 2.75) is 6.18 Å². The Kier molecular flexibility index (Phi) is 5.12. The SMILES string of the molecule is O=C(c1ccc(Nc2ccccc2[N+](=O)[O-])cc1)c1cccc(C(F)(F)F)c1. The van der Waals surface area contributed by atoms with Crippen molar-refractivity contribution in [3.8, 4) is 0 Å². The summed E-state index contributed by atoms with van der Waals surface area (Å²) in [4.78, 5) is 23.0. The minimum absolute atomic E-state index is 0.0748. The standard InChI is InChI=1S/C20H13F3N2O3/c21-20(22,23)15-5-3-4-14(12-15)19(26)13-8-10-16(11-9-13)24-17-6-1-2-7-18(17)25(27)28/h1-12,24H. The highest BCUT2D eigenvalue weighted by Crippen LogP contribution is 2.30. The molecule has 0 aliphatic carbocycles. The molecule has 0 aromatic heterocycles. The molecule has 3 aromatic carbocycles. The monoisotopic (exact) mass is 386 g/mol. The number of carbonyl (C=O) groups is 1. The molecular weight excluding hydrogens is 373 g/mol. The first-order chi connectivity index (χ1) is 13.3. The Bertz CT molecular complexity index is 1030. The maximum atomic E-state index is 12.8. The van der Waals surface area contributed by atoms with Gasteiger partial charge in [0.1, 0.15) is 5.69 Å². The minimum atomic E-state index is -4.53. The molecule has 0 radical (unpaired) electrons. The molecule has 0 saturated heterocycles. The number of nitrogens with one attached hydrogen (secondary N) is 1. The largest absolute Gasteiger partial charge is 0.416 e. The van der Waals surface area contributed by atoms with Gasteiger partial charge in [-0.3, -0.25) is 14.9 Å². The molecule has 0 atom stereocenters. The van der Waals surface area contributed by atoms with Gasteiger partial charge < -0.3 is 5.32 Å². The molecule has 0 heterocycles. The van der Waals surface area contributed by atoms with Gasteiger partial charge in [-0.2, -0.15) is 13.2 Å². The zero-order chi connectivity index (χ0) is 20.3. The van der Waals surface area contributed by atoms with Crippen molar-refractivity contribution < 1.29 is 22.9 Å². The van der Waals surface area contributed by atoms with E-state index in [1.807, 2.05) is 0 Å². The average molecular weight is 386 g/mol. The number of rotatable bonds is 5. The lowest BCUT2D eigenvalue weighted by atomic mass is 10.0. The molecule has 5 nitrogen and oxygen atoms in total. The Morgan fingerprint density at radius 1 is 0.893 bits per heavy atom. The quantitative estimate of drug-likeness (QED) is 0.353. The topological polar surface area (TPSA) is 72.2 Å². The van der Waals surface area contributed by atoms with Crippen LogP contribution in [0.5, 0.6) is 0 Å². The summed E-state index contributed by atoms with van der Waals surface area (Å²) in [6.45, 7) is 0. The lowest BCUT2D eigenvalue weighted by Gasteiger charge is -2.09. The summed E-state index contributed by atoms with van der Waals surface area (Å²) in [5.41, 5.74) is -0.0966. The van der Waals surface area contributed by atoms with Crippen LogP contribution in [0.2, 0.25) is 0 Å². The molecule has 0 unspecified atom stereocenters. The number of hydrogen-bond donors (Lipinski definition) is 1. The summed E-state index contributed by atoms with van der Waals surface area (Å²) in [7, 11) is 0. The molecule has 0 aliphatic heterocycles. The molecule has 0 bridgehead atoms. The smallest absolute Gasteiger partial charge is 0.350 e. The fourth-order valence-corrected chi connectivity index (χ4v) is 2.60. The van der Waals surface area contributed by atoms with Crippen molar-refractivity contribution in [2.75, 3.05) is 5.32 Å². The van der Waals surface area contributed by atoms with Crippen molar-refractivity contribution in [1.82, 2.24) is 0 Å². The fraction of sp³-hybridized carbons (Fsp3) is 0.0500. The third kappa shape index (κ3) is 4.17. The van der Waals surface area contributed by atoms with Crippen molar-refractivity contribution in [2.24, 2.45) is 0 Å². The lowest BCUT2D eigenvalue weighted by Crippen LogP contribution is -2.08. The Morgan fingerprint density at radius 3 is 2.21 bits per heavy atom. The molecule has 0 spiro atoms. The fourth-order valence-electron chi connectivity index (χ4n) is 2.60. The van der Waals surface area contributed by atoms with Gasteiger partial charge in [-0.25, -0.2) is 0 Å². The van der Waals surface area contributed by atoms with Gasteiger partial charge in [-0.1, -0.05) is 24.3 Å². The van der Waals surface area contributed by atoms with Gasteiger partial charge in [0.2, 0.25) is 0 Å². The van der Waals surface area contributed by atoms with Crippen LogP contribution < -0.4 is 5.32 Å². The van der Waals surface area contributed by atoms with Crippen LogP contribution in [0.15, 0.2) is 72.8 Å². The second kappa shape index (κ2) is 7.51. The third-order valence-corrected chi connectivity index (χ3v) is 3.98. The van der Waals surface area contributed by atoms with Crippen LogP contribution in [0.25, 0.3) is 0 Å². The molecule has 0 saturated carbocycles. The number of nitro benzene ring substituents is 1. The van der Waals surface area contributed by atoms with Crippen LogP contribution in [-0.2, 0) is 6.18 Å². The van der Waals surface area contributed by atoms with Crippen LogP contribution in [0, 0.1) is 10.1 Å². The van der Waals surface area contributed by atoms with E-state index in [-0.39, 0.29) is 22.5 Å². The Hall–Kier alpha value is -3.68. The first-order valence-corrected chi connectivity index (χ1v) is 8.08. The molecule has 28 heavy (non-hydrogen) atoms. The number of benzene rings is 3. The summed E-state index contributed by atoms with van der Waals surface area (Å²) < 4.78 is 38.4. The van der Waals surface area contributed by atoms with Crippen LogP contribution in [-0.4, -0.2) is 10.7 Å². The van der Waals surface area contributed by atoms with Crippen molar-refractivity contribution in [1.29, 1.82) is 0 Å². The summed E-state index contributed by atoms with van der Waals surface area (Å²) in [5.74, 6) is -0.552. The van der Waals surface area contributed by atoms with Crippen LogP contribution >= 0.6 is 0 Å². The van der Waals surface area contributed by atoms with Crippen LogP contribution in [0.4, 0.5) is 30.2 Å². The van der Waals surface area contributed by atoms with Gasteiger partial charge >= 0.3 is 6.18 Å². The lowest BCUT2D eigenvalue weighted by molar-refractivity contribution is -0.383. The summed E-state index contributed by atoms with van der Waals surface area (Å²) in [6.07, 6.45) is -4.53. The Morgan fingerprint density at radius 2 is 1.57 bits per heavy atom. The molecule has 0 amide bonds. The van der Waals surface area contributed by atoms with Gasteiger partial charge in [0.05, 0.1) is 10.5 Å². The zero-order valence-electron chi connectivity index (χ0n) is 14.2. The number of para-hydroxylation sites is 2. The van der Waals surface area contributed by atoms with E-state index < -0.39 is 22.4 Å². The summed E-state index contributed by atoms with van der Waals surface area (Å²) >= 11 is 0. The molecule has 0 aliphatic rings. The van der Waals surface area contributed by atoms with E-state index in [2.05, 4.69) is 5.32 Å². The maximum absolute atomic E-state index is 12.8. The Labute approximate surface area is 157 Å². The highest BCUT2D eigenvalue weighted by molar-refractivity contribution is 6.09. The predicted octanol–water partition coefficient (Wildman–Crippen LogP) is 5.59. The summed E-state index contributed by atoms with van der Waals surface area (Å²) in [6, 6.07) is 16.2. The minimum Gasteiger partial charge on any atom is -0.350 e. The van der Waals surface area contributed by atoms with Crippen molar-refractivity contribution >= 4 is 22.8 Å². The van der Waals surface area contributed by atoms with E-state index in [4.69, 9.17) is 0 Å². The van der Waals surface area contributed by atoms with E-state index in [1.165, 1.54) is 42.5 Å². The predicted molar refractivity (Wildman–Crippen MR) is 97.7 cm³/mol. The summed E-state index contributed by atoms with van der Waals surface area (Å²) in [5, 5.41) is 13.9. The molecule has 142 valence electrons. The first-order valence-electron chi connectivity index (χ1n) is 8.08. The van der Waals surface area contributed by atoms with Gasteiger partial charge in [0.25, 0.3) is 5.69 Å². The number of nitrogens with zero attached hydrogens (tertiary/aromatic N) is 1. The third-order valence-electron chi connectivity index (χ3n) is 3.98. The molecule has 0 fully saturated rings. The molecule has 3 rings (SSSR count). The van der Waals surface area contributed by atoms with Gasteiger partial charge in [-0.05, 0) is 42.5 Å². The number of halogens is 3. The average Bonchev–Trinajstić information content (AvgIpc) is 2.68. The van der Waals surface area contributed by atoms with Crippen molar-refractivity contribution in [3.63, 3.8) is 0 Å². The number of ketones is 1. The molecule has 1 N–H and O–H groups in total. The van der Waals surface area contributed by atoms with Gasteiger partial charge in [-0.15, -0.1) is 0 Å². The second-order valence-corrected chi connectivity index (χ2v) is 5.88. The Balaban J connectivity index is 1.82. The van der Waals surface area contributed by atoms with E-state index in [1.54, 1.807) is 18.2 Å². The number of anilines is 2. The zero-order valence-corrected chi connectivity index (χ0v) is 14.2. The van der Waals surface area contributed by atoms with E-state index in [0.29, 0.717) is 5.69 Å². The first kappa shape index (κ1) is 19.1. The van der Waals surface area contributed by atoms with Crippen molar-refractivity contribution in [3.05, 3.63) is 99.6 Å². The van der Waals surface area contributed by atoms with Gasteiger partial charge in [0, 0.05) is 22.9 Å². The number of nitro groups is 1. The number of hydrogen-bond acceptors (Lipinski definition) is 4. The molecular formula is C20H13F3N2O3. The van der Waals surface area contributed by atoms with Gasteiger partial charge in [0.15, 0.2) is 5.78 Å². The highest BCUT2D eigenvalue weighted by atomic mass is 19.4. The molecule has 8 heteroatoms. The number of carbonyl (C=O) groups excluding carboxylic acids is 1. The second-order valence-electron chi connectivity index (χ2n) is 5.88. The number of alkyl halides is 3. The van der Waals surface area contributed by atoms with E-state index in [0.717, 1.165) is 12.1 Å². The maximum Gasteiger partial charge on any atom is 0.416 e. The highest BCUT2D eigenvalue weighted by Gasteiger charge is 2.31. The van der Waals surface area contributed by atoms with E-state index in [9.17, 15) is 28.1 Å². The van der Waals surface area contributed by atoms with Crippen LogP contribution in [0.3, 0.4) is 0 Å². The van der Waals surface area contributed by atoms with Crippen LogP contribution in [0.1, 0.15) is 21.5 Å². The molecule has 3 aromatic rings.